The van der Waals surface area contributed by atoms with Crippen LogP contribution in [0.15, 0.2) is 66.2 Å². The maximum absolute atomic E-state index is 11.8. The second kappa shape index (κ2) is 26.9. The van der Waals surface area contributed by atoms with Crippen LogP contribution in [-0.2, 0) is 20.8 Å². The van der Waals surface area contributed by atoms with E-state index in [4.69, 9.17) is 20.5 Å². The molecule has 1 aliphatic rings. The molecule has 2 aromatic carbocycles. The fraction of sp³-hybridized carbons (Fsp3) is 0.457. The maximum Gasteiger partial charge on any atom is 0.243 e. The van der Waals surface area contributed by atoms with Crippen LogP contribution in [0.2, 0.25) is 0 Å². The molecular weight excluding hydrogens is 542 g/mol. The van der Waals surface area contributed by atoms with Crippen molar-refractivity contribution < 1.29 is 24.3 Å². The van der Waals surface area contributed by atoms with Crippen molar-refractivity contribution in [3.63, 3.8) is 0 Å². The maximum atomic E-state index is 11.8. The van der Waals surface area contributed by atoms with Gasteiger partial charge >= 0.3 is 0 Å². The van der Waals surface area contributed by atoms with E-state index >= 15 is 0 Å². The Balaban J connectivity index is 0.000000653. The summed E-state index contributed by atoms with van der Waals surface area (Å²) in [5.74, 6) is 6.13. The van der Waals surface area contributed by atoms with Crippen molar-refractivity contribution in [2.24, 2.45) is 5.73 Å². The van der Waals surface area contributed by atoms with Crippen LogP contribution in [0.4, 0.5) is 5.69 Å². The van der Waals surface area contributed by atoms with Gasteiger partial charge in [0.2, 0.25) is 11.8 Å². The number of ether oxygens (including phenoxy) is 1. The molecule has 0 unspecified atom stereocenters. The molecule has 0 spiro atoms. The highest BCUT2D eigenvalue weighted by Gasteiger charge is 2.13. The lowest BCUT2D eigenvalue weighted by molar-refractivity contribution is -0.129. The second-order valence-corrected chi connectivity index (χ2v) is 9.95. The number of hydrogen-bond acceptors (Lipinski definition) is 6. The number of rotatable bonds is 13. The molecule has 8 nitrogen and oxygen atoms in total. The minimum Gasteiger partial charge on any atom is -0.497 e. The van der Waals surface area contributed by atoms with Crippen molar-refractivity contribution in [3.8, 4) is 17.6 Å². The molecule has 8 heteroatoms. The SMILES string of the molecule is C=O.CC#CC=C1CCC1.CCCCCc1ccc(OC)cc1.N[C@@H](CCCCCC(=O)NO)C(=O)Nc1ccccc1. The van der Waals surface area contributed by atoms with E-state index in [2.05, 4.69) is 36.2 Å². The summed E-state index contributed by atoms with van der Waals surface area (Å²) in [6, 6.07) is 17.0. The lowest BCUT2D eigenvalue weighted by atomic mass is 9.92. The average molecular weight is 594 g/mol. The second-order valence-electron chi connectivity index (χ2n) is 9.95. The highest BCUT2D eigenvalue weighted by Crippen LogP contribution is 2.24. The molecular formula is C35H51N3O5. The smallest absolute Gasteiger partial charge is 0.243 e. The van der Waals surface area contributed by atoms with E-state index in [-0.39, 0.29) is 12.3 Å². The molecule has 0 radical (unpaired) electrons. The van der Waals surface area contributed by atoms with Crippen LogP contribution in [0.5, 0.6) is 5.75 Å². The molecule has 0 saturated heterocycles. The number of unbranched alkanes of at least 4 members (excludes halogenated alkanes) is 4. The van der Waals surface area contributed by atoms with Crippen LogP contribution in [0, 0.1) is 11.8 Å². The number of allylic oxidation sites excluding steroid dienone is 2. The van der Waals surface area contributed by atoms with Gasteiger partial charge in [0.1, 0.15) is 12.5 Å². The zero-order valence-corrected chi connectivity index (χ0v) is 26.2. The highest BCUT2D eigenvalue weighted by molar-refractivity contribution is 5.94. The van der Waals surface area contributed by atoms with E-state index in [9.17, 15) is 9.59 Å². The van der Waals surface area contributed by atoms with Gasteiger partial charge in [-0.25, -0.2) is 5.48 Å². The molecule has 3 rings (SSSR count). The van der Waals surface area contributed by atoms with E-state index in [0.29, 0.717) is 12.8 Å². The number of benzene rings is 2. The number of amides is 2. The van der Waals surface area contributed by atoms with Gasteiger partial charge in [-0.05, 0) is 87.8 Å². The molecule has 1 saturated carbocycles. The van der Waals surface area contributed by atoms with Crippen LogP contribution < -0.4 is 21.3 Å². The highest BCUT2D eigenvalue weighted by atomic mass is 16.5. The number of methoxy groups -OCH3 is 1. The van der Waals surface area contributed by atoms with Crippen LogP contribution in [-0.4, -0.2) is 37.0 Å². The minimum atomic E-state index is -0.554. The van der Waals surface area contributed by atoms with Crippen molar-refractivity contribution in [2.75, 3.05) is 12.4 Å². The lowest BCUT2D eigenvalue weighted by Crippen LogP contribution is -2.35. The first-order chi connectivity index (χ1) is 20.9. The number of anilines is 1. The van der Waals surface area contributed by atoms with E-state index in [1.807, 2.05) is 50.1 Å². The van der Waals surface area contributed by atoms with Gasteiger partial charge in [-0.2, -0.15) is 0 Å². The predicted octanol–water partition coefficient (Wildman–Crippen LogP) is 6.77. The molecule has 0 aliphatic heterocycles. The molecule has 0 aromatic heterocycles. The van der Waals surface area contributed by atoms with Crippen LogP contribution in [0.25, 0.3) is 0 Å². The monoisotopic (exact) mass is 593 g/mol. The molecule has 0 bridgehead atoms. The van der Waals surface area contributed by atoms with Gasteiger partial charge in [-0.1, -0.05) is 74.4 Å². The Morgan fingerprint density at radius 2 is 1.70 bits per heavy atom. The number of hydroxylamine groups is 1. The first kappa shape index (κ1) is 39.1. The zero-order chi connectivity index (χ0) is 32.1. The van der Waals surface area contributed by atoms with Crippen molar-refractivity contribution in [3.05, 3.63) is 71.8 Å². The minimum absolute atomic E-state index is 0.204. The number of hydrogen-bond donors (Lipinski definition) is 4. The first-order valence-corrected chi connectivity index (χ1v) is 15.0. The zero-order valence-electron chi connectivity index (χ0n) is 26.2. The lowest BCUT2D eigenvalue weighted by Gasteiger charge is -2.13. The van der Waals surface area contributed by atoms with E-state index in [0.717, 1.165) is 24.3 Å². The number of para-hydroxylation sites is 1. The predicted molar refractivity (Wildman–Crippen MR) is 175 cm³/mol. The summed E-state index contributed by atoms with van der Waals surface area (Å²) in [4.78, 5) is 30.6. The topological polar surface area (TPSA) is 131 Å². The summed E-state index contributed by atoms with van der Waals surface area (Å²) < 4.78 is 5.09. The third-order valence-corrected chi connectivity index (χ3v) is 6.57. The number of aryl methyl sites for hydroxylation is 1. The Labute approximate surface area is 258 Å². The van der Waals surface area contributed by atoms with Crippen LogP contribution in [0.3, 0.4) is 0 Å². The van der Waals surface area contributed by atoms with Crippen molar-refractivity contribution in [1.82, 2.24) is 5.48 Å². The summed E-state index contributed by atoms with van der Waals surface area (Å²) >= 11 is 0. The number of nitrogens with two attached hydrogens (primary N) is 1. The molecule has 1 atom stereocenters. The standard InChI is InChI=1S/C14H21N3O3.C12H18O.C8H10.CH2O/c15-12(9-5-2-6-10-13(18)17-20)14(19)16-11-7-3-1-4-8-11;1-3-4-5-6-11-7-9-12(13-2)10-8-11;1-2-3-5-8-6-4-7-8;1-2/h1,3-4,7-8,12,20H,2,5-6,9-10,15H2,(H,16,19)(H,17,18);7-10H,3-6H2,1-2H3;5H,4,6-7H2,1H3;1H2/t12-;;;/m0.../s1. The number of carbonyl (C=O) groups is 3. The summed E-state index contributed by atoms with van der Waals surface area (Å²) in [6.45, 7) is 6.10. The normalized spacial score (nSPS) is 11.5. The Bertz CT molecular complexity index is 1090. The Morgan fingerprint density at radius 3 is 2.23 bits per heavy atom. The molecule has 236 valence electrons. The molecule has 1 aliphatic carbocycles. The summed E-state index contributed by atoms with van der Waals surface area (Å²) in [6.07, 6.45) is 14.2. The molecule has 1 fully saturated rings. The number of nitrogens with one attached hydrogen (secondary N) is 2. The first-order valence-electron chi connectivity index (χ1n) is 15.0. The Hall–Kier alpha value is -3.93. The van der Waals surface area contributed by atoms with Crippen molar-refractivity contribution in [1.29, 1.82) is 0 Å². The summed E-state index contributed by atoms with van der Waals surface area (Å²) in [7, 11) is 1.70. The van der Waals surface area contributed by atoms with Crippen molar-refractivity contribution >= 4 is 24.3 Å². The Kier molecular flexibility index (Phi) is 24.5. The van der Waals surface area contributed by atoms with Crippen LogP contribution >= 0.6 is 0 Å². The van der Waals surface area contributed by atoms with Gasteiger partial charge in [0.25, 0.3) is 0 Å². The summed E-state index contributed by atoms with van der Waals surface area (Å²) in [5, 5.41) is 11.1. The summed E-state index contributed by atoms with van der Waals surface area (Å²) in [5.41, 5.74) is 11.1. The van der Waals surface area contributed by atoms with Gasteiger partial charge in [-0.3, -0.25) is 14.8 Å². The van der Waals surface area contributed by atoms with E-state index in [1.54, 1.807) is 24.7 Å². The molecule has 2 aromatic rings. The molecule has 0 heterocycles. The van der Waals surface area contributed by atoms with Crippen molar-refractivity contribution in [2.45, 2.75) is 96.9 Å². The van der Waals surface area contributed by atoms with Gasteiger partial charge in [0.15, 0.2) is 0 Å². The quantitative estimate of drug-likeness (QED) is 0.0877. The van der Waals surface area contributed by atoms with Gasteiger partial charge in [0, 0.05) is 12.1 Å². The fourth-order valence-corrected chi connectivity index (χ4v) is 3.84. The molecule has 43 heavy (non-hydrogen) atoms. The van der Waals surface area contributed by atoms with Gasteiger partial charge < -0.3 is 20.6 Å². The van der Waals surface area contributed by atoms with Gasteiger partial charge in [-0.15, -0.1) is 5.92 Å². The van der Waals surface area contributed by atoms with E-state index in [1.165, 1.54) is 56.1 Å². The molecule has 2 amide bonds. The Morgan fingerprint density at radius 1 is 1.02 bits per heavy atom. The van der Waals surface area contributed by atoms with Crippen LogP contribution in [0.1, 0.15) is 90.0 Å². The fourth-order valence-electron chi connectivity index (χ4n) is 3.84. The number of carbonyl (C=O) groups excluding carboxylic acids is 3. The average Bonchev–Trinajstić information content (AvgIpc) is 3.02. The third kappa shape index (κ3) is 20.6. The molecule has 5 N–H and O–H groups in total. The third-order valence-electron chi connectivity index (χ3n) is 6.57. The largest absolute Gasteiger partial charge is 0.497 e. The van der Waals surface area contributed by atoms with Gasteiger partial charge in [0.05, 0.1) is 13.2 Å². The van der Waals surface area contributed by atoms with E-state index < -0.39 is 11.9 Å².